The van der Waals surface area contributed by atoms with E-state index in [1.807, 2.05) is 12.1 Å². The number of benzene rings is 2. The van der Waals surface area contributed by atoms with Crippen LogP contribution in [0.2, 0.25) is 0 Å². The van der Waals surface area contributed by atoms with E-state index in [2.05, 4.69) is 58.1 Å². The fraction of sp³-hybridized carbons (Fsp3) is 0.333. The molecule has 1 fully saturated rings. The van der Waals surface area contributed by atoms with E-state index in [4.69, 9.17) is 9.82 Å². The number of hydrogen-bond acceptors (Lipinski definition) is 7. The minimum atomic E-state index is -0.619. The highest BCUT2D eigenvalue weighted by atomic mass is 16.6. The number of nitrogens with zero attached hydrogens (tertiary/aromatic N) is 4. The predicted octanol–water partition coefficient (Wildman–Crippen LogP) is 4.11. The lowest BCUT2D eigenvalue weighted by Gasteiger charge is -2.30. The number of anilines is 2. The molecule has 2 aromatic heterocycles. The van der Waals surface area contributed by atoms with Gasteiger partial charge in [-0.15, -0.1) is 0 Å². The Labute approximate surface area is 226 Å². The smallest absolute Gasteiger partial charge is 0.280 e. The monoisotopic (exact) mass is 524 g/mol. The van der Waals surface area contributed by atoms with Gasteiger partial charge in [-0.1, -0.05) is 18.2 Å². The Morgan fingerprint density at radius 2 is 1.97 bits per heavy atom. The molecule has 4 aromatic rings. The molecule has 1 atom stereocenters. The van der Waals surface area contributed by atoms with Crippen LogP contribution in [0.3, 0.4) is 0 Å². The Balaban J connectivity index is 1.41. The molecule has 200 valence electrons. The molecule has 2 aromatic carbocycles. The number of likely N-dealkylation sites (tertiary alicyclic amines) is 1. The molecule has 0 radical (unpaired) electrons. The summed E-state index contributed by atoms with van der Waals surface area (Å²) in [5, 5.41) is 3.59. The number of aromatic nitrogens is 3. The molecule has 1 aliphatic carbocycles. The fourth-order valence-corrected chi connectivity index (χ4v) is 5.82. The first kappa shape index (κ1) is 25.2. The van der Waals surface area contributed by atoms with Crippen molar-refractivity contribution in [1.82, 2.24) is 24.9 Å². The van der Waals surface area contributed by atoms with Gasteiger partial charge in [-0.3, -0.25) is 14.4 Å². The Morgan fingerprint density at radius 1 is 1.10 bits per heavy atom. The largest absolute Gasteiger partial charge is 0.324 e. The van der Waals surface area contributed by atoms with Gasteiger partial charge in [0.05, 0.1) is 12.5 Å². The zero-order chi connectivity index (χ0) is 26.9. The van der Waals surface area contributed by atoms with Gasteiger partial charge in [-0.05, 0) is 92.6 Å². The molecule has 1 unspecified atom stereocenters. The van der Waals surface area contributed by atoms with Crippen LogP contribution in [0, 0.1) is 0 Å². The predicted molar refractivity (Wildman–Crippen MR) is 151 cm³/mol. The maximum absolute atomic E-state index is 13.3. The first-order valence-corrected chi connectivity index (χ1v) is 13.4. The Morgan fingerprint density at radius 3 is 2.82 bits per heavy atom. The van der Waals surface area contributed by atoms with Gasteiger partial charge in [0.15, 0.2) is 5.65 Å². The Kier molecular flexibility index (Phi) is 6.85. The number of carbonyl (C=O) groups is 1. The van der Waals surface area contributed by atoms with Crippen LogP contribution in [0.4, 0.5) is 11.6 Å². The number of likely N-dealkylation sites (N-methyl/N-ethyl adjacent to an activating group) is 1. The number of aryl methyl sites for hydroxylation is 2. The van der Waals surface area contributed by atoms with E-state index in [-0.39, 0.29) is 10.9 Å². The zero-order valence-corrected chi connectivity index (χ0v) is 22.2. The number of carbonyl (C=O) groups excluding carboxylic acids is 1. The Hall–Kier alpha value is -4.08. The van der Waals surface area contributed by atoms with Gasteiger partial charge >= 0.3 is 0 Å². The topological polar surface area (TPSA) is 101 Å². The van der Waals surface area contributed by atoms with Crippen LogP contribution in [-0.2, 0) is 17.7 Å². The highest BCUT2D eigenvalue weighted by Crippen LogP contribution is 2.29. The van der Waals surface area contributed by atoms with Crippen molar-refractivity contribution in [3.8, 4) is 5.69 Å². The van der Waals surface area contributed by atoms with Gasteiger partial charge in [0.1, 0.15) is 5.56 Å². The van der Waals surface area contributed by atoms with Crippen LogP contribution in [-0.4, -0.2) is 52.6 Å². The van der Waals surface area contributed by atoms with Gasteiger partial charge in [0.2, 0.25) is 11.4 Å². The summed E-state index contributed by atoms with van der Waals surface area (Å²) in [5.41, 5.74) is 7.82. The van der Waals surface area contributed by atoms with Gasteiger partial charge < -0.3 is 14.8 Å². The lowest BCUT2D eigenvalue weighted by Crippen LogP contribution is -2.30. The second-order valence-corrected chi connectivity index (χ2v) is 10.5. The molecule has 1 aliphatic heterocycles. The van der Waals surface area contributed by atoms with Crippen LogP contribution in [0.15, 0.2) is 59.7 Å². The average molecular weight is 525 g/mol. The minimum Gasteiger partial charge on any atom is -0.324 e. The van der Waals surface area contributed by atoms with E-state index in [1.54, 1.807) is 4.57 Å². The molecule has 2 aliphatic rings. The number of nitrogens with one attached hydrogen (secondary N) is 2. The van der Waals surface area contributed by atoms with Crippen molar-refractivity contribution in [3.05, 3.63) is 87.3 Å². The van der Waals surface area contributed by atoms with Crippen molar-refractivity contribution in [3.63, 3.8) is 0 Å². The van der Waals surface area contributed by atoms with E-state index in [1.165, 1.54) is 49.0 Å². The minimum absolute atomic E-state index is 0.0423. The van der Waals surface area contributed by atoms with E-state index in [9.17, 15) is 9.59 Å². The lowest BCUT2D eigenvalue weighted by molar-refractivity contribution is 0.0536. The first-order chi connectivity index (χ1) is 19.0. The second kappa shape index (κ2) is 10.6. The van der Waals surface area contributed by atoms with Crippen molar-refractivity contribution in [2.45, 2.75) is 38.0 Å². The molecule has 1 amide bonds. The highest BCUT2D eigenvalue weighted by Gasteiger charge is 2.21. The molecule has 9 nitrogen and oxygen atoms in total. The third kappa shape index (κ3) is 5.03. The SMILES string of the molecule is CONC(=O)c1cn(-c2ccc3c(c2)CCC3)c2nc(Nc3cccc(C4CCCN(C)C4)c3)ncc2c1=O. The first-order valence-electron chi connectivity index (χ1n) is 13.4. The molecule has 1 saturated heterocycles. The molecule has 3 heterocycles. The molecule has 6 rings (SSSR count). The molecule has 0 bridgehead atoms. The maximum atomic E-state index is 13.3. The maximum Gasteiger partial charge on any atom is 0.280 e. The number of fused-ring (bicyclic) bond motifs is 2. The number of amides is 1. The summed E-state index contributed by atoms with van der Waals surface area (Å²) in [5.74, 6) is 0.250. The molecular weight excluding hydrogens is 492 g/mol. The van der Waals surface area contributed by atoms with Gasteiger partial charge in [-0.25, -0.2) is 10.5 Å². The van der Waals surface area contributed by atoms with E-state index in [0.29, 0.717) is 17.5 Å². The molecule has 9 heteroatoms. The third-order valence-electron chi connectivity index (χ3n) is 7.78. The summed E-state index contributed by atoms with van der Waals surface area (Å²) in [6.07, 6.45) is 8.58. The summed E-state index contributed by atoms with van der Waals surface area (Å²) in [4.78, 5) is 42.3. The van der Waals surface area contributed by atoms with Gasteiger partial charge in [0, 0.05) is 30.3 Å². The van der Waals surface area contributed by atoms with Crippen molar-refractivity contribution in [2.24, 2.45) is 0 Å². The van der Waals surface area contributed by atoms with E-state index in [0.717, 1.165) is 43.7 Å². The molecule has 39 heavy (non-hydrogen) atoms. The summed E-state index contributed by atoms with van der Waals surface area (Å²) in [7, 11) is 3.50. The number of rotatable bonds is 6. The van der Waals surface area contributed by atoms with Crippen molar-refractivity contribution < 1.29 is 9.63 Å². The quantitative estimate of drug-likeness (QED) is 0.366. The van der Waals surface area contributed by atoms with Crippen molar-refractivity contribution in [2.75, 3.05) is 32.6 Å². The molecule has 2 N–H and O–H groups in total. The van der Waals surface area contributed by atoms with Crippen LogP contribution in [0.1, 0.15) is 52.2 Å². The highest BCUT2D eigenvalue weighted by molar-refractivity contribution is 5.96. The van der Waals surface area contributed by atoms with Crippen LogP contribution < -0.4 is 16.2 Å². The molecule has 0 spiro atoms. The number of hydrogen-bond donors (Lipinski definition) is 2. The Bertz CT molecular complexity index is 1610. The molecule has 0 saturated carbocycles. The van der Waals surface area contributed by atoms with Gasteiger partial charge in [0.25, 0.3) is 5.91 Å². The van der Waals surface area contributed by atoms with Crippen molar-refractivity contribution >= 4 is 28.6 Å². The number of hydroxylamine groups is 1. The zero-order valence-electron chi connectivity index (χ0n) is 22.2. The average Bonchev–Trinajstić information content (AvgIpc) is 3.42. The van der Waals surface area contributed by atoms with Crippen LogP contribution in [0.5, 0.6) is 0 Å². The number of piperidine rings is 1. The van der Waals surface area contributed by atoms with Gasteiger partial charge in [-0.2, -0.15) is 4.98 Å². The third-order valence-corrected chi connectivity index (χ3v) is 7.78. The van der Waals surface area contributed by atoms with Crippen LogP contribution in [0.25, 0.3) is 16.7 Å². The van der Waals surface area contributed by atoms with Crippen molar-refractivity contribution in [1.29, 1.82) is 0 Å². The lowest BCUT2D eigenvalue weighted by atomic mass is 9.90. The standard InChI is InChI=1S/C30H32N6O3/c1-35-13-5-9-22(17-35)20-8-4-10-23(14-20)32-30-31-16-25-27(37)26(29(38)34-39-2)18-36(28(25)33-30)24-12-11-19-6-3-7-21(19)15-24/h4,8,10-12,14-16,18,22H,3,5-7,9,13,17H2,1-2H3,(H,34,38)(H,31,32,33). The summed E-state index contributed by atoms with van der Waals surface area (Å²) < 4.78 is 1.79. The summed E-state index contributed by atoms with van der Waals surface area (Å²) >= 11 is 0. The summed E-state index contributed by atoms with van der Waals surface area (Å²) in [6, 6.07) is 14.6. The fourth-order valence-electron chi connectivity index (χ4n) is 5.82. The summed E-state index contributed by atoms with van der Waals surface area (Å²) in [6.45, 7) is 2.18. The second-order valence-electron chi connectivity index (χ2n) is 10.5. The van der Waals surface area contributed by atoms with E-state index >= 15 is 0 Å². The normalized spacial score (nSPS) is 17.2. The molecular formula is C30H32N6O3. The number of pyridine rings is 1. The van der Waals surface area contributed by atoms with Crippen LogP contribution >= 0.6 is 0 Å². The van der Waals surface area contributed by atoms with E-state index < -0.39 is 11.3 Å².